The summed E-state index contributed by atoms with van der Waals surface area (Å²) in [4.78, 5) is 29.7. The second-order valence-corrected chi connectivity index (χ2v) is 10.6. The maximum atomic E-state index is 13.1. The molecule has 4 rings (SSSR count). The Bertz CT molecular complexity index is 1100. The van der Waals surface area contributed by atoms with Crippen molar-refractivity contribution < 1.29 is 22.7 Å². The summed E-state index contributed by atoms with van der Waals surface area (Å²) in [6.45, 7) is 1.11. The van der Waals surface area contributed by atoms with E-state index in [0.717, 1.165) is 10.6 Å². The number of fused-ring (bicyclic) bond motifs is 1. The quantitative estimate of drug-likeness (QED) is 0.659. The van der Waals surface area contributed by atoms with Crippen molar-refractivity contribution in [2.45, 2.75) is 16.2 Å². The fraction of sp³-hybridized carbons (Fsp3) is 0.364. The van der Waals surface area contributed by atoms with Gasteiger partial charge in [0, 0.05) is 42.9 Å². The molecule has 2 aliphatic rings. The zero-order valence-corrected chi connectivity index (χ0v) is 19.4. The van der Waals surface area contributed by atoms with E-state index in [2.05, 4.69) is 0 Å². The van der Waals surface area contributed by atoms with Crippen LogP contribution in [0.3, 0.4) is 0 Å². The zero-order chi connectivity index (χ0) is 22.7. The number of nitrogens with zero attached hydrogens (tertiary/aromatic N) is 3. The summed E-state index contributed by atoms with van der Waals surface area (Å²) in [5.41, 5.74) is 1.18. The van der Waals surface area contributed by atoms with Crippen LogP contribution < -0.4 is 9.80 Å². The minimum Gasteiger partial charge on any atom is -0.379 e. The molecule has 0 unspecified atom stereocenters. The van der Waals surface area contributed by atoms with Crippen molar-refractivity contribution in [1.29, 1.82) is 0 Å². The first-order chi connectivity index (χ1) is 15.4. The Balaban J connectivity index is 1.65. The van der Waals surface area contributed by atoms with Gasteiger partial charge in [-0.25, -0.2) is 8.42 Å². The van der Waals surface area contributed by atoms with Crippen LogP contribution in [0.1, 0.15) is 6.42 Å². The molecule has 2 heterocycles. The number of carbonyl (C=O) groups is 2. The molecular formula is C22H25N3O5S2. The lowest BCUT2D eigenvalue weighted by Crippen LogP contribution is -2.42. The molecule has 2 aromatic rings. The number of hydrogen-bond donors (Lipinski definition) is 0. The van der Waals surface area contributed by atoms with Gasteiger partial charge < -0.3 is 14.5 Å². The maximum Gasteiger partial charge on any atom is 0.246 e. The average Bonchev–Trinajstić information content (AvgIpc) is 2.97. The van der Waals surface area contributed by atoms with Crippen molar-refractivity contribution >= 4 is 45.0 Å². The second-order valence-electron chi connectivity index (χ2n) is 7.51. The SMILES string of the molecule is CN(C(=O)CN1C(=O)CCSc2ccc(S(=O)(=O)N3CCOCC3)cc21)c1ccccc1. The third kappa shape index (κ3) is 4.68. The highest BCUT2D eigenvalue weighted by Gasteiger charge is 2.31. The van der Waals surface area contributed by atoms with Crippen LogP contribution in [0.5, 0.6) is 0 Å². The van der Waals surface area contributed by atoms with E-state index in [-0.39, 0.29) is 42.8 Å². The summed E-state index contributed by atoms with van der Waals surface area (Å²) >= 11 is 1.49. The van der Waals surface area contributed by atoms with Crippen LogP contribution >= 0.6 is 11.8 Å². The van der Waals surface area contributed by atoms with Crippen molar-refractivity contribution in [2.75, 3.05) is 55.4 Å². The summed E-state index contributed by atoms with van der Waals surface area (Å²) in [5.74, 6) is 0.108. The highest BCUT2D eigenvalue weighted by Crippen LogP contribution is 2.36. The van der Waals surface area contributed by atoms with Crippen LogP contribution in [0.4, 0.5) is 11.4 Å². The van der Waals surface area contributed by atoms with Crippen LogP contribution in [0.2, 0.25) is 0 Å². The molecule has 2 aromatic carbocycles. The Morgan fingerprint density at radius 1 is 1.12 bits per heavy atom. The summed E-state index contributed by atoms with van der Waals surface area (Å²) < 4.78 is 33.0. The molecule has 0 bridgehead atoms. The first-order valence-corrected chi connectivity index (χ1v) is 12.8. The second kappa shape index (κ2) is 9.62. The monoisotopic (exact) mass is 475 g/mol. The maximum absolute atomic E-state index is 13.1. The van der Waals surface area contributed by atoms with Crippen molar-refractivity contribution in [1.82, 2.24) is 4.31 Å². The van der Waals surface area contributed by atoms with Gasteiger partial charge in [-0.3, -0.25) is 9.59 Å². The van der Waals surface area contributed by atoms with E-state index in [0.29, 0.717) is 24.7 Å². The van der Waals surface area contributed by atoms with E-state index in [1.807, 2.05) is 30.3 Å². The number of para-hydroxylation sites is 1. The van der Waals surface area contributed by atoms with Gasteiger partial charge in [-0.1, -0.05) is 18.2 Å². The van der Waals surface area contributed by atoms with E-state index in [1.54, 1.807) is 19.2 Å². The van der Waals surface area contributed by atoms with Gasteiger partial charge in [0.15, 0.2) is 0 Å². The van der Waals surface area contributed by atoms with Gasteiger partial charge in [0.25, 0.3) is 0 Å². The largest absolute Gasteiger partial charge is 0.379 e. The molecule has 0 saturated carbocycles. The van der Waals surface area contributed by atoms with Gasteiger partial charge in [-0.15, -0.1) is 11.8 Å². The van der Waals surface area contributed by atoms with Crippen molar-refractivity contribution in [3.8, 4) is 0 Å². The fourth-order valence-corrected chi connectivity index (χ4v) is 6.06. The first-order valence-electron chi connectivity index (χ1n) is 10.3. The lowest BCUT2D eigenvalue weighted by molar-refractivity contribution is -0.122. The van der Waals surface area contributed by atoms with Crippen LogP contribution in [0.15, 0.2) is 58.3 Å². The van der Waals surface area contributed by atoms with E-state index >= 15 is 0 Å². The molecule has 1 fully saturated rings. The van der Waals surface area contributed by atoms with Gasteiger partial charge in [-0.05, 0) is 30.3 Å². The molecule has 1 saturated heterocycles. The normalized spacial score (nSPS) is 17.5. The Morgan fingerprint density at radius 2 is 1.84 bits per heavy atom. The van der Waals surface area contributed by atoms with Crippen molar-refractivity contribution in [3.63, 3.8) is 0 Å². The molecule has 170 valence electrons. The molecule has 2 aliphatic heterocycles. The number of sulfonamides is 1. The van der Waals surface area contributed by atoms with Crippen LogP contribution in [0.25, 0.3) is 0 Å². The van der Waals surface area contributed by atoms with Gasteiger partial charge in [0.1, 0.15) is 6.54 Å². The van der Waals surface area contributed by atoms with Crippen molar-refractivity contribution in [2.24, 2.45) is 0 Å². The minimum atomic E-state index is -3.73. The number of benzene rings is 2. The molecule has 0 atom stereocenters. The number of likely N-dealkylation sites (N-methyl/N-ethyl adjacent to an activating group) is 1. The summed E-state index contributed by atoms with van der Waals surface area (Å²) in [5, 5.41) is 0. The zero-order valence-electron chi connectivity index (χ0n) is 17.8. The molecule has 8 nitrogen and oxygen atoms in total. The molecule has 0 spiro atoms. The number of morpholine rings is 1. The molecule has 10 heteroatoms. The molecule has 2 amide bonds. The summed E-state index contributed by atoms with van der Waals surface area (Å²) in [7, 11) is -2.06. The Labute approximate surface area is 192 Å². The molecular weight excluding hydrogens is 450 g/mol. The van der Waals surface area contributed by atoms with Crippen LogP contribution in [-0.2, 0) is 24.3 Å². The van der Waals surface area contributed by atoms with E-state index in [1.165, 1.54) is 31.9 Å². The number of ether oxygens (including phenoxy) is 1. The number of rotatable bonds is 5. The Hall–Kier alpha value is -2.40. The van der Waals surface area contributed by atoms with Gasteiger partial charge in [0.05, 0.1) is 23.8 Å². The first kappa shape index (κ1) is 22.8. The lowest BCUT2D eigenvalue weighted by Gasteiger charge is -2.28. The van der Waals surface area contributed by atoms with Crippen LogP contribution in [-0.4, -0.2) is 70.2 Å². The van der Waals surface area contributed by atoms with Gasteiger partial charge in [0.2, 0.25) is 21.8 Å². The number of carbonyl (C=O) groups excluding carboxylic acids is 2. The Kier molecular flexibility index (Phi) is 6.85. The summed E-state index contributed by atoms with van der Waals surface area (Å²) in [6, 6.07) is 14.0. The predicted molar refractivity (Wildman–Crippen MR) is 124 cm³/mol. The van der Waals surface area contributed by atoms with Crippen LogP contribution in [0, 0.1) is 0 Å². The van der Waals surface area contributed by atoms with E-state index in [9.17, 15) is 18.0 Å². The standard InChI is InChI=1S/C22H25N3O5S2/c1-23(17-5-3-2-4-6-17)22(27)16-25-19-15-18(7-8-20(19)31-14-9-21(25)26)32(28,29)24-10-12-30-13-11-24/h2-8,15H,9-14,16H2,1H3. The molecule has 0 aromatic heterocycles. The molecule has 0 aliphatic carbocycles. The summed E-state index contributed by atoms with van der Waals surface area (Å²) in [6.07, 6.45) is 0.271. The van der Waals surface area contributed by atoms with Gasteiger partial charge >= 0.3 is 0 Å². The molecule has 0 radical (unpaired) electrons. The third-order valence-electron chi connectivity index (χ3n) is 5.51. The Morgan fingerprint density at radius 3 is 2.56 bits per heavy atom. The predicted octanol–water partition coefficient (Wildman–Crippen LogP) is 2.20. The average molecular weight is 476 g/mol. The smallest absolute Gasteiger partial charge is 0.246 e. The highest BCUT2D eigenvalue weighted by molar-refractivity contribution is 7.99. The molecule has 32 heavy (non-hydrogen) atoms. The van der Waals surface area contributed by atoms with E-state index in [4.69, 9.17) is 4.74 Å². The fourth-order valence-electron chi connectivity index (χ4n) is 3.65. The number of thioether (sulfide) groups is 1. The molecule has 0 N–H and O–H groups in total. The van der Waals surface area contributed by atoms with Crippen molar-refractivity contribution in [3.05, 3.63) is 48.5 Å². The topological polar surface area (TPSA) is 87.2 Å². The third-order valence-corrected chi connectivity index (χ3v) is 8.47. The number of amides is 2. The number of anilines is 2. The highest BCUT2D eigenvalue weighted by atomic mass is 32.2. The number of hydrogen-bond acceptors (Lipinski definition) is 6. The van der Waals surface area contributed by atoms with Gasteiger partial charge in [-0.2, -0.15) is 4.31 Å². The van der Waals surface area contributed by atoms with E-state index < -0.39 is 10.0 Å². The minimum absolute atomic E-state index is 0.113. The lowest BCUT2D eigenvalue weighted by atomic mass is 10.2.